The molecule has 0 aliphatic carbocycles. The lowest BCUT2D eigenvalue weighted by Gasteiger charge is -2.16. The summed E-state index contributed by atoms with van der Waals surface area (Å²) >= 11 is 7.19. The maximum absolute atomic E-state index is 12.3. The van der Waals surface area contributed by atoms with Crippen LogP contribution in [0.4, 0.5) is 0 Å². The molecule has 1 amide bonds. The third-order valence-electron chi connectivity index (χ3n) is 3.39. The largest absolute Gasteiger partial charge is 0.472 e. The number of halogens is 1. The van der Waals surface area contributed by atoms with Crippen LogP contribution in [0.3, 0.4) is 0 Å². The summed E-state index contributed by atoms with van der Waals surface area (Å²) < 4.78 is 6.46. The maximum Gasteiger partial charge on any atom is 0.264 e. The van der Waals surface area contributed by atoms with Crippen LogP contribution in [-0.4, -0.2) is 35.0 Å². The molecule has 2 aromatic heterocycles. The Morgan fingerprint density at radius 1 is 1.43 bits per heavy atom. The van der Waals surface area contributed by atoms with Crippen molar-refractivity contribution >= 4 is 28.8 Å². The molecular formula is C15H15ClN2O2S. The van der Waals surface area contributed by atoms with Crippen molar-refractivity contribution in [2.45, 2.75) is 19.4 Å². The van der Waals surface area contributed by atoms with Crippen LogP contribution in [0, 0.1) is 6.92 Å². The van der Waals surface area contributed by atoms with Gasteiger partial charge in [-0.3, -0.25) is 4.79 Å². The first-order valence-corrected chi connectivity index (χ1v) is 7.95. The number of ether oxygens (including phenoxy) is 1. The quantitative estimate of drug-likeness (QED) is 0.869. The molecule has 1 aliphatic heterocycles. The Kier molecular flexibility index (Phi) is 4.12. The van der Waals surface area contributed by atoms with Crippen LogP contribution in [-0.2, 0) is 0 Å². The van der Waals surface area contributed by atoms with E-state index in [-0.39, 0.29) is 12.0 Å². The number of hydrogen-bond donors (Lipinski definition) is 0. The molecule has 0 bridgehead atoms. The summed E-state index contributed by atoms with van der Waals surface area (Å²) in [5.41, 5.74) is 1.10. The molecule has 0 spiro atoms. The monoisotopic (exact) mass is 322 g/mol. The van der Waals surface area contributed by atoms with Crippen LogP contribution in [0.5, 0.6) is 5.88 Å². The third kappa shape index (κ3) is 3.36. The van der Waals surface area contributed by atoms with Gasteiger partial charge in [0.1, 0.15) is 6.10 Å². The highest BCUT2D eigenvalue weighted by Crippen LogP contribution is 2.25. The summed E-state index contributed by atoms with van der Waals surface area (Å²) in [6.45, 7) is 3.27. The standard InChI is InChI=1S/C15H15ClN2O2S/c1-10-2-5-14(17-8-10)20-11-6-7-18(9-11)15(19)12-3-4-13(16)21-12/h2-5,8,11H,6-7,9H2,1H3. The van der Waals surface area contributed by atoms with Gasteiger partial charge in [0.05, 0.1) is 15.8 Å². The van der Waals surface area contributed by atoms with Crippen LogP contribution < -0.4 is 4.74 Å². The van der Waals surface area contributed by atoms with Gasteiger partial charge in [-0.05, 0) is 24.6 Å². The van der Waals surface area contributed by atoms with Crippen LogP contribution in [0.2, 0.25) is 4.34 Å². The second-order valence-corrected chi connectivity index (χ2v) is 6.77. The molecule has 0 saturated carbocycles. The van der Waals surface area contributed by atoms with Gasteiger partial charge >= 0.3 is 0 Å². The normalized spacial score (nSPS) is 18.0. The minimum atomic E-state index is -0.000379. The summed E-state index contributed by atoms with van der Waals surface area (Å²) in [4.78, 5) is 19.0. The van der Waals surface area contributed by atoms with Crippen LogP contribution in [0.1, 0.15) is 21.7 Å². The summed E-state index contributed by atoms with van der Waals surface area (Å²) in [7, 11) is 0. The molecule has 3 heterocycles. The molecular weight excluding hydrogens is 308 g/mol. The van der Waals surface area contributed by atoms with Crippen LogP contribution in [0.25, 0.3) is 0 Å². The van der Waals surface area contributed by atoms with E-state index < -0.39 is 0 Å². The van der Waals surface area contributed by atoms with Crippen molar-refractivity contribution in [2.24, 2.45) is 0 Å². The first kappa shape index (κ1) is 14.4. The fraction of sp³-hybridized carbons (Fsp3) is 0.333. The molecule has 21 heavy (non-hydrogen) atoms. The van der Waals surface area contributed by atoms with E-state index in [1.54, 1.807) is 23.2 Å². The van der Waals surface area contributed by atoms with Crippen molar-refractivity contribution in [3.63, 3.8) is 0 Å². The average Bonchev–Trinajstić information content (AvgIpc) is 3.10. The average molecular weight is 323 g/mol. The van der Waals surface area contributed by atoms with Crippen LogP contribution >= 0.6 is 22.9 Å². The molecule has 1 atom stereocenters. The molecule has 1 fully saturated rings. The second kappa shape index (κ2) is 6.03. The predicted molar refractivity (Wildman–Crippen MR) is 83.2 cm³/mol. The zero-order chi connectivity index (χ0) is 14.8. The predicted octanol–water partition coefficient (Wildman–Crippen LogP) is 3.40. The minimum Gasteiger partial charge on any atom is -0.472 e. The van der Waals surface area contributed by atoms with Crippen molar-refractivity contribution < 1.29 is 9.53 Å². The van der Waals surface area contributed by atoms with Gasteiger partial charge in [0.2, 0.25) is 5.88 Å². The van der Waals surface area contributed by atoms with Crippen molar-refractivity contribution in [1.29, 1.82) is 0 Å². The lowest BCUT2D eigenvalue weighted by molar-refractivity contribution is 0.0776. The highest BCUT2D eigenvalue weighted by molar-refractivity contribution is 7.17. The first-order valence-electron chi connectivity index (χ1n) is 6.76. The van der Waals surface area contributed by atoms with E-state index in [0.717, 1.165) is 12.0 Å². The zero-order valence-corrected chi connectivity index (χ0v) is 13.2. The second-order valence-electron chi connectivity index (χ2n) is 5.06. The molecule has 4 nitrogen and oxygen atoms in total. The van der Waals surface area contributed by atoms with Gasteiger partial charge in [-0.15, -0.1) is 11.3 Å². The number of carbonyl (C=O) groups excluding carboxylic acids is 1. The Bertz CT molecular complexity index is 641. The molecule has 2 aromatic rings. The van der Waals surface area contributed by atoms with Crippen molar-refractivity contribution in [1.82, 2.24) is 9.88 Å². The van der Waals surface area contributed by atoms with Crippen molar-refractivity contribution in [3.05, 3.63) is 45.2 Å². The molecule has 1 unspecified atom stereocenters. The molecule has 110 valence electrons. The molecule has 1 aliphatic rings. The number of pyridine rings is 1. The van der Waals surface area contributed by atoms with Gasteiger partial charge in [-0.2, -0.15) is 0 Å². The number of carbonyl (C=O) groups is 1. The van der Waals surface area contributed by atoms with Gasteiger partial charge in [0.25, 0.3) is 5.91 Å². The van der Waals surface area contributed by atoms with E-state index in [4.69, 9.17) is 16.3 Å². The molecule has 1 saturated heterocycles. The highest BCUT2D eigenvalue weighted by Gasteiger charge is 2.29. The number of hydrogen-bond acceptors (Lipinski definition) is 4. The number of amides is 1. The summed E-state index contributed by atoms with van der Waals surface area (Å²) in [6, 6.07) is 7.34. The first-order chi connectivity index (χ1) is 10.1. The number of aromatic nitrogens is 1. The molecule has 0 radical (unpaired) electrons. The summed E-state index contributed by atoms with van der Waals surface area (Å²) in [5, 5.41) is 0. The molecule has 3 rings (SSSR count). The Labute approximate surface area is 132 Å². The topological polar surface area (TPSA) is 42.4 Å². The van der Waals surface area contributed by atoms with E-state index in [1.807, 2.05) is 19.1 Å². The number of nitrogens with zero attached hydrogens (tertiary/aromatic N) is 2. The fourth-order valence-electron chi connectivity index (χ4n) is 2.29. The molecule has 0 N–H and O–H groups in total. The number of aryl methyl sites for hydroxylation is 1. The summed E-state index contributed by atoms with van der Waals surface area (Å²) in [5.74, 6) is 0.633. The number of thiophene rings is 1. The molecule has 0 aromatic carbocycles. The SMILES string of the molecule is Cc1ccc(OC2CCN(C(=O)c3ccc(Cl)s3)C2)nc1. The van der Waals surface area contributed by atoms with Gasteiger partial charge in [0.15, 0.2) is 0 Å². The number of rotatable bonds is 3. The van der Waals surface area contributed by atoms with Crippen molar-refractivity contribution in [2.75, 3.05) is 13.1 Å². The van der Waals surface area contributed by atoms with E-state index in [1.165, 1.54) is 11.3 Å². The maximum atomic E-state index is 12.3. The zero-order valence-electron chi connectivity index (χ0n) is 11.6. The van der Waals surface area contributed by atoms with Gasteiger partial charge in [0, 0.05) is 25.2 Å². The van der Waals surface area contributed by atoms with Crippen LogP contribution in [0.15, 0.2) is 30.5 Å². The Hall–Kier alpha value is -1.59. The Morgan fingerprint density at radius 2 is 2.29 bits per heavy atom. The highest BCUT2D eigenvalue weighted by atomic mass is 35.5. The minimum absolute atomic E-state index is 0.000379. The molecule has 6 heteroatoms. The van der Waals surface area contributed by atoms with Gasteiger partial charge in [-0.25, -0.2) is 4.98 Å². The lowest BCUT2D eigenvalue weighted by Crippen LogP contribution is -2.30. The van der Waals surface area contributed by atoms with E-state index in [9.17, 15) is 4.79 Å². The van der Waals surface area contributed by atoms with E-state index in [0.29, 0.717) is 28.2 Å². The third-order valence-corrected chi connectivity index (χ3v) is 4.61. The number of likely N-dealkylation sites (tertiary alicyclic amines) is 1. The van der Waals surface area contributed by atoms with E-state index >= 15 is 0 Å². The Morgan fingerprint density at radius 3 is 2.95 bits per heavy atom. The van der Waals surface area contributed by atoms with Crippen molar-refractivity contribution in [3.8, 4) is 5.88 Å². The summed E-state index contributed by atoms with van der Waals surface area (Å²) in [6.07, 6.45) is 2.60. The fourth-order valence-corrected chi connectivity index (χ4v) is 3.30. The Balaban J connectivity index is 1.60. The van der Waals surface area contributed by atoms with Gasteiger partial charge in [-0.1, -0.05) is 17.7 Å². The smallest absolute Gasteiger partial charge is 0.264 e. The van der Waals surface area contributed by atoms with Gasteiger partial charge < -0.3 is 9.64 Å². The lowest BCUT2D eigenvalue weighted by atomic mass is 10.3. The van der Waals surface area contributed by atoms with E-state index in [2.05, 4.69) is 4.98 Å².